The third-order valence-corrected chi connectivity index (χ3v) is 4.72. The first-order valence-corrected chi connectivity index (χ1v) is 8.55. The molecule has 7 nitrogen and oxygen atoms in total. The number of carbonyl (C=O) groups is 4. The van der Waals surface area contributed by atoms with Crippen LogP contribution in [0.5, 0.6) is 0 Å². The minimum Gasteiger partial charge on any atom is -0.478 e. The van der Waals surface area contributed by atoms with Crippen molar-refractivity contribution in [3.63, 3.8) is 0 Å². The number of carbonyl (C=O) groups excluding carboxylic acids is 3. The molecule has 1 aliphatic rings. The van der Waals surface area contributed by atoms with Crippen LogP contribution in [0.2, 0.25) is 0 Å². The van der Waals surface area contributed by atoms with Gasteiger partial charge in [-0.2, -0.15) is 11.8 Å². The Bertz CT molecular complexity index is 463. The van der Waals surface area contributed by atoms with Gasteiger partial charge in [0.15, 0.2) is 0 Å². The molecule has 1 aliphatic heterocycles. The van der Waals surface area contributed by atoms with Gasteiger partial charge in [-0.15, -0.1) is 0 Å². The third kappa shape index (κ3) is 8.01. The molecule has 3 atom stereocenters. The molecule has 0 spiro atoms. The van der Waals surface area contributed by atoms with E-state index in [4.69, 9.17) is 14.6 Å². The van der Waals surface area contributed by atoms with Crippen LogP contribution in [-0.4, -0.2) is 52.0 Å². The van der Waals surface area contributed by atoms with Gasteiger partial charge in [0.2, 0.25) is 6.10 Å². The third-order valence-electron chi connectivity index (χ3n) is 3.36. The number of hydrogen-bond acceptors (Lipinski definition) is 7. The molecular formula is C15H22O7S. The first-order chi connectivity index (χ1) is 10.8. The predicted molar refractivity (Wildman–Crippen MR) is 83.1 cm³/mol. The van der Waals surface area contributed by atoms with Crippen molar-refractivity contribution in [2.75, 3.05) is 5.75 Å². The zero-order valence-electron chi connectivity index (χ0n) is 13.3. The molecule has 1 N–H and O–H groups in total. The summed E-state index contributed by atoms with van der Waals surface area (Å²) >= 11 is 1.23. The van der Waals surface area contributed by atoms with Gasteiger partial charge >= 0.3 is 17.9 Å². The van der Waals surface area contributed by atoms with E-state index in [9.17, 15) is 19.2 Å². The largest absolute Gasteiger partial charge is 0.478 e. The van der Waals surface area contributed by atoms with Gasteiger partial charge in [0.1, 0.15) is 5.78 Å². The molecule has 0 amide bonds. The molecule has 1 rings (SSSR count). The van der Waals surface area contributed by atoms with Crippen LogP contribution in [0.15, 0.2) is 0 Å². The Morgan fingerprint density at radius 2 is 2.04 bits per heavy atom. The molecule has 0 aromatic rings. The summed E-state index contributed by atoms with van der Waals surface area (Å²) in [7, 11) is 0. The highest BCUT2D eigenvalue weighted by Crippen LogP contribution is 2.25. The van der Waals surface area contributed by atoms with Crippen molar-refractivity contribution >= 4 is 35.5 Å². The summed E-state index contributed by atoms with van der Waals surface area (Å²) in [6, 6.07) is 0. The second-order valence-corrected chi connectivity index (χ2v) is 6.85. The monoisotopic (exact) mass is 346 g/mol. The van der Waals surface area contributed by atoms with Crippen LogP contribution in [0.4, 0.5) is 0 Å². The van der Waals surface area contributed by atoms with Crippen LogP contribution < -0.4 is 0 Å². The van der Waals surface area contributed by atoms with Gasteiger partial charge in [-0.1, -0.05) is 0 Å². The van der Waals surface area contributed by atoms with Crippen molar-refractivity contribution in [3.05, 3.63) is 0 Å². The van der Waals surface area contributed by atoms with E-state index in [-0.39, 0.29) is 41.7 Å². The molecule has 1 saturated heterocycles. The van der Waals surface area contributed by atoms with E-state index in [0.717, 1.165) is 6.92 Å². The highest BCUT2D eigenvalue weighted by molar-refractivity contribution is 8.00. The summed E-state index contributed by atoms with van der Waals surface area (Å²) in [5.41, 5.74) is 0. The van der Waals surface area contributed by atoms with Crippen molar-refractivity contribution < 1.29 is 33.8 Å². The number of esters is 2. The topological polar surface area (TPSA) is 107 Å². The maximum absolute atomic E-state index is 11.9. The second kappa shape index (κ2) is 9.54. The number of ketones is 1. The lowest BCUT2D eigenvalue weighted by Crippen LogP contribution is -2.30. The maximum Gasteiger partial charge on any atom is 0.345 e. The SMILES string of the molecule is CC(=O)O[C@@H](CS[C@H]1CCC(=O)O[C@@H](C)CCC(=O)C1)C(=O)O. The van der Waals surface area contributed by atoms with Crippen LogP contribution in [0.25, 0.3) is 0 Å². The van der Waals surface area contributed by atoms with E-state index in [0.29, 0.717) is 19.3 Å². The van der Waals surface area contributed by atoms with Crippen molar-refractivity contribution in [2.45, 2.75) is 63.4 Å². The van der Waals surface area contributed by atoms with Gasteiger partial charge in [0, 0.05) is 37.2 Å². The molecule has 130 valence electrons. The van der Waals surface area contributed by atoms with E-state index >= 15 is 0 Å². The molecule has 0 aliphatic carbocycles. The number of cyclic esters (lactones) is 1. The standard InChI is InChI=1S/C15H22O7S/c1-9-3-4-11(17)7-12(5-6-14(18)21-9)23-8-13(15(19)20)22-10(2)16/h9,12-13H,3-8H2,1-2H3,(H,19,20)/t9-,12-,13-/m0/s1. The minimum atomic E-state index is -1.25. The summed E-state index contributed by atoms with van der Waals surface area (Å²) in [5, 5.41) is 8.83. The lowest BCUT2D eigenvalue weighted by Gasteiger charge is -2.21. The average Bonchev–Trinajstić information content (AvgIpc) is 2.45. The lowest BCUT2D eigenvalue weighted by molar-refractivity contribution is -0.160. The van der Waals surface area contributed by atoms with Gasteiger partial charge in [-0.3, -0.25) is 14.4 Å². The van der Waals surface area contributed by atoms with Crippen molar-refractivity contribution in [2.24, 2.45) is 0 Å². The van der Waals surface area contributed by atoms with Crippen LogP contribution in [0.1, 0.15) is 46.0 Å². The summed E-state index contributed by atoms with van der Waals surface area (Å²) in [5.74, 6) is -2.11. The zero-order valence-corrected chi connectivity index (χ0v) is 14.1. The van der Waals surface area contributed by atoms with Crippen LogP contribution >= 0.6 is 11.8 Å². The molecular weight excluding hydrogens is 324 g/mol. The molecule has 1 fully saturated rings. The van der Waals surface area contributed by atoms with Crippen molar-refractivity contribution in [1.29, 1.82) is 0 Å². The fourth-order valence-corrected chi connectivity index (χ4v) is 3.41. The number of Topliss-reactive ketones (excluding diaryl/α,β-unsaturated/α-hetero) is 1. The van der Waals surface area contributed by atoms with Gasteiger partial charge in [0.25, 0.3) is 0 Å². The molecule has 23 heavy (non-hydrogen) atoms. The molecule has 0 bridgehead atoms. The number of carboxylic acids is 1. The molecule has 0 radical (unpaired) electrons. The van der Waals surface area contributed by atoms with Gasteiger partial charge < -0.3 is 14.6 Å². The van der Waals surface area contributed by atoms with E-state index in [2.05, 4.69) is 0 Å². The number of rotatable bonds is 5. The molecule has 8 heteroatoms. The Balaban J connectivity index is 2.60. The van der Waals surface area contributed by atoms with E-state index in [1.54, 1.807) is 6.92 Å². The Labute approximate surface area is 139 Å². The summed E-state index contributed by atoms with van der Waals surface area (Å²) in [6.45, 7) is 2.90. The normalized spacial score (nSPS) is 24.4. The summed E-state index contributed by atoms with van der Waals surface area (Å²) in [4.78, 5) is 45.6. The summed E-state index contributed by atoms with van der Waals surface area (Å²) in [6.07, 6.45) is 0.183. The average molecular weight is 346 g/mol. The van der Waals surface area contributed by atoms with Crippen LogP contribution in [0.3, 0.4) is 0 Å². The highest BCUT2D eigenvalue weighted by atomic mass is 32.2. The van der Waals surface area contributed by atoms with Crippen LogP contribution in [0, 0.1) is 0 Å². The quantitative estimate of drug-likeness (QED) is 0.748. The molecule has 0 saturated carbocycles. The van der Waals surface area contributed by atoms with E-state index in [1.165, 1.54) is 11.8 Å². The zero-order chi connectivity index (χ0) is 17.4. The molecule has 0 aromatic heterocycles. The Hall–Kier alpha value is -1.57. The van der Waals surface area contributed by atoms with E-state index in [1.807, 2.05) is 0 Å². The first-order valence-electron chi connectivity index (χ1n) is 7.50. The molecule has 1 heterocycles. The van der Waals surface area contributed by atoms with Crippen molar-refractivity contribution in [1.82, 2.24) is 0 Å². The Morgan fingerprint density at radius 3 is 2.65 bits per heavy atom. The Morgan fingerprint density at radius 1 is 1.35 bits per heavy atom. The lowest BCUT2D eigenvalue weighted by atomic mass is 10.0. The molecule has 0 aromatic carbocycles. The van der Waals surface area contributed by atoms with Crippen LogP contribution in [-0.2, 0) is 28.7 Å². The minimum absolute atomic E-state index is 0.0400. The van der Waals surface area contributed by atoms with Gasteiger partial charge in [-0.05, 0) is 19.8 Å². The number of aliphatic carboxylic acids is 1. The summed E-state index contributed by atoms with van der Waals surface area (Å²) < 4.78 is 9.91. The maximum atomic E-state index is 11.9. The second-order valence-electron chi connectivity index (χ2n) is 5.51. The molecule has 0 unspecified atom stereocenters. The van der Waals surface area contributed by atoms with Gasteiger partial charge in [-0.25, -0.2) is 4.79 Å². The fourth-order valence-electron chi connectivity index (χ4n) is 2.17. The Kier molecular flexibility index (Phi) is 8.08. The number of thioether (sulfide) groups is 1. The number of carboxylic acid groups (broad SMARTS) is 1. The fraction of sp³-hybridized carbons (Fsp3) is 0.733. The van der Waals surface area contributed by atoms with E-state index < -0.39 is 18.0 Å². The van der Waals surface area contributed by atoms with Crippen molar-refractivity contribution in [3.8, 4) is 0 Å². The number of ether oxygens (including phenoxy) is 2. The highest BCUT2D eigenvalue weighted by Gasteiger charge is 2.25. The predicted octanol–water partition coefficient (Wildman–Crippen LogP) is 1.57. The smallest absolute Gasteiger partial charge is 0.345 e. The van der Waals surface area contributed by atoms with Gasteiger partial charge in [0.05, 0.1) is 6.10 Å². The first kappa shape index (κ1) is 19.5. The number of hydrogen-bond donors (Lipinski definition) is 1.